The molecule has 0 heterocycles. The lowest BCUT2D eigenvalue weighted by molar-refractivity contribution is -0.121. The molecule has 0 aliphatic rings. The number of nitrogens with one attached hydrogen (secondary N) is 1. The van der Waals surface area contributed by atoms with Crippen molar-refractivity contribution < 1.29 is 14.3 Å². The van der Waals surface area contributed by atoms with Crippen molar-refractivity contribution in [2.75, 3.05) is 19.8 Å². The van der Waals surface area contributed by atoms with E-state index < -0.39 is 0 Å². The quantitative estimate of drug-likeness (QED) is 0.697. The molecule has 0 atom stereocenters. The minimum Gasteiger partial charge on any atom is -0.494 e. The average molecular weight is 348 g/mol. The molecule has 0 unspecified atom stereocenters. The Kier molecular flexibility index (Phi) is 7.43. The molecular weight excluding hydrogens is 326 g/mol. The fraction of sp³-hybridized carbons (Fsp3) is 0.316. The molecule has 1 N–H and O–H groups in total. The second kappa shape index (κ2) is 9.83. The standard InChI is InChI=1S/C19H22ClNO3/c1-15-4-8-17(9-5-15)24-14-12-21-19(22)3-2-13-23-18-10-6-16(20)7-11-18/h4-11H,2-3,12-14H2,1H3,(H,21,22). The Bertz CT molecular complexity index is 571. The number of amides is 1. The first-order valence-electron chi connectivity index (χ1n) is 7.98. The van der Waals surface area contributed by atoms with Crippen LogP contribution in [0.15, 0.2) is 48.5 Å². The predicted octanol–water partition coefficient (Wildman–Crippen LogP) is 4.00. The Morgan fingerprint density at radius 1 is 0.958 bits per heavy atom. The van der Waals surface area contributed by atoms with E-state index in [0.717, 1.165) is 11.5 Å². The Balaban J connectivity index is 1.52. The van der Waals surface area contributed by atoms with Crippen LogP contribution in [0.25, 0.3) is 0 Å². The van der Waals surface area contributed by atoms with Gasteiger partial charge in [-0.1, -0.05) is 29.3 Å². The van der Waals surface area contributed by atoms with Crippen molar-refractivity contribution >= 4 is 17.5 Å². The van der Waals surface area contributed by atoms with Crippen LogP contribution in [0.2, 0.25) is 5.02 Å². The van der Waals surface area contributed by atoms with Crippen molar-refractivity contribution in [3.8, 4) is 11.5 Å². The highest BCUT2D eigenvalue weighted by Gasteiger charge is 2.02. The van der Waals surface area contributed by atoms with Gasteiger partial charge in [0.2, 0.25) is 5.91 Å². The Morgan fingerprint density at radius 3 is 2.21 bits per heavy atom. The van der Waals surface area contributed by atoms with E-state index in [4.69, 9.17) is 21.1 Å². The van der Waals surface area contributed by atoms with Gasteiger partial charge in [-0.05, 0) is 49.7 Å². The van der Waals surface area contributed by atoms with Crippen molar-refractivity contribution in [2.45, 2.75) is 19.8 Å². The fourth-order valence-electron chi connectivity index (χ4n) is 2.04. The zero-order valence-electron chi connectivity index (χ0n) is 13.8. The molecule has 0 aliphatic carbocycles. The normalized spacial score (nSPS) is 10.2. The molecule has 4 nitrogen and oxygen atoms in total. The maximum absolute atomic E-state index is 11.7. The smallest absolute Gasteiger partial charge is 0.220 e. The van der Waals surface area contributed by atoms with E-state index in [9.17, 15) is 4.79 Å². The summed E-state index contributed by atoms with van der Waals surface area (Å²) in [5.41, 5.74) is 1.19. The first kappa shape index (κ1) is 18.1. The number of hydrogen-bond acceptors (Lipinski definition) is 3. The lowest BCUT2D eigenvalue weighted by Crippen LogP contribution is -2.28. The first-order valence-corrected chi connectivity index (χ1v) is 8.36. The third kappa shape index (κ3) is 6.92. The van der Waals surface area contributed by atoms with Crippen LogP contribution >= 0.6 is 11.6 Å². The molecule has 0 aromatic heterocycles. The molecule has 0 saturated heterocycles. The molecule has 24 heavy (non-hydrogen) atoms. The maximum atomic E-state index is 11.7. The van der Waals surface area contributed by atoms with Crippen LogP contribution in [-0.4, -0.2) is 25.7 Å². The van der Waals surface area contributed by atoms with E-state index in [2.05, 4.69) is 5.32 Å². The highest BCUT2D eigenvalue weighted by molar-refractivity contribution is 6.30. The van der Waals surface area contributed by atoms with Gasteiger partial charge in [-0.25, -0.2) is 0 Å². The summed E-state index contributed by atoms with van der Waals surface area (Å²) in [5, 5.41) is 3.51. The molecule has 0 bridgehead atoms. The van der Waals surface area contributed by atoms with Crippen LogP contribution in [-0.2, 0) is 4.79 Å². The van der Waals surface area contributed by atoms with Gasteiger partial charge < -0.3 is 14.8 Å². The van der Waals surface area contributed by atoms with Gasteiger partial charge in [-0.15, -0.1) is 0 Å². The van der Waals surface area contributed by atoms with Gasteiger partial charge in [0.25, 0.3) is 0 Å². The molecule has 0 saturated carbocycles. The van der Waals surface area contributed by atoms with Gasteiger partial charge in [0.15, 0.2) is 0 Å². The molecule has 0 fully saturated rings. The van der Waals surface area contributed by atoms with E-state index in [0.29, 0.717) is 37.6 Å². The Hall–Kier alpha value is -2.20. The van der Waals surface area contributed by atoms with Gasteiger partial charge in [0.05, 0.1) is 13.2 Å². The van der Waals surface area contributed by atoms with E-state index in [1.165, 1.54) is 5.56 Å². The van der Waals surface area contributed by atoms with Gasteiger partial charge in [-0.3, -0.25) is 4.79 Å². The minimum absolute atomic E-state index is 0.00205. The molecular formula is C19H22ClNO3. The van der Waals surface area contributed by atoms with E-state index >= 15 is 0 Å². The number of carbonyl (C=O) groups excluding carboxylic acids is 1. The van der Waals surface area contributed by atoms with Crippen molar-refractivity contribution in [1.82, 2.24) is 5.32 Å². The van der Waals surface area contributed by atoms with Crippen LogP contribution in [0.3, 0.4) is 0 Å². The Labute approximate surface area is 147 Å². The van der Waals surface area contributed by atoms with E-state index in [-0.39, 0.29) is 5.91 Å². The summed E-state index contributed by atoms with van der Waals surface area (Å²) >= 11 is 5.80. The van der Waals surface area contributed by atoms with Crippen molar-refractivity contribution in [1.29, 1.82) is 0 Å². The number of rotatable bonds is 9. The summed E-state index contributed by atoms with van der Waals surface area (Å²) in [6.07, 6.45) is 1.09. The third-order valence-corrected chi connectivity index (χ3v) is 3.60. The topological polar surface area (TPSA) is 47.6 Å². The predicted molar refractivity (Wildman–Crippen MR) is 95.9 cm³/mol. The largest absolute Gasteiger partial charge is 0.494 e. The summed E-state index contributed by atoms with van der Waals surface area (Å²) < 4.78 is 11.1. The number of aryl methyl sites for hydroxylation is 1. The van der Waals surface area contributed by atoms with Crippen LogP contribution in [0.4, 0.5) is 0 Å². The maximum Gasteiger partial charge on any atom is 0.220 e. The second-order valence-corrected chi connectivity index (χ2v) is 5.85. The van der Waals surface area contributed by atoms with Crippen molar-refractivity contribution in [3.05, 3.63) is 59.1 Å². The molecule has 2 rings (SSSR count). The summed E-state index contributed by atoms with van der Waals surface area (Å²) in [6.45, 7) is 3.47. The Morgan fingerprint density at radius 2 is 1.54 bits per heavy atom. The molecule has 0 radical (unpaired) electrons. The molecule has 1 amide bonds. The number of halogens is 1. The molecule has 0 spiro atoms. The minimum atomic E-state index is 0.00205. The van der Waals surface area contributed by atoms with Gasteiger partial charge >= 0.3 is 0 Å². The summed E-state index contributed by atoms with van der Waals surface area (Å²) in [4.78, 5) is 11.7. The van der Waals surface area contributed by atoms with Crippen LogP contribution < -0.4 is 14.8 Å². The molecule has 2 aromatic carbocycles. The van der Waals surface area contributed by atoms with Gasteiger partial charge in [0.1, 0.15) is 18.1 Å². The lowest BCUT2D eigenvalue weighted by Gasteiger charge is -2.09. The molecule has 128 valence electrons. The zero-order chi connectivity index (χ0) is 17.2. The third-order valence-electron chi connectivity index (χ3n) is 3.34. The molecule has 2 aromatic rings. The van der Waals surface area contributed by atoms with Crippen LogP contribution in [0.5, 0.6) is 11.5 Å². The second-order valence-electron chi connectivity index (χ2n) is 5.42. The monoisotopic (exact) mass is 347 g/mol. The number of carbonyl (C=O) groups is 1. The van der Waals surface area contributed by atoms with Crippen LogP contribution in [0.1, 0.15) is 18.4 Å². The zero-order valence-corrected chi connectivity index (χ0v) is 14.5. The van der Waals surface area contributed by atoms with Gasteiger partial charge in [-0.2, -0.15) is 0 Å². The number of hydrogen-bond donors (Lipinski definition) is 1. The average Bonchev–Trinajstić information content (AvgIpc) is 2.59. The van der Waals surface area contributed by atoms with Crippen molar-refractivity contribution in [3.63, 3.8) is 0 Å². The molecule has 0 aliphatic heterocycles. The number of ether oxygens (including phenoxy) is 2. The van der Waals surface area contributed by atoms with E-state index in [1.54, 1.807) is 12.1 Å². The summed E-state index contributed by atoms with van der Waals surface area (Å²) in [7, 11) is 0. The number of benzene rings is 2. The highest BCUT2D eigenvalue weighted by atomic mass is 35.5. The first-order chi connectivity index (χ1) is 11.6. The molecule has 5 heteroatoms. The van der Waals surface area contributed by atoms with E-state index in [1.807, 2.05) is 43.3 Å². The van der Waals surface area contributed by atoms with Gasteiger partial charge in [0, 0.05) is 11.4 Å². The summed E-state index contributed by atoms with van der Waals surface area (Å²) in [5.74, 6) is 1.57. The fourth-order valence-corrected chi connectivity index (χ4v) is 2.16. The highest BCUT2D eigenvalue weighted by Crippen LogP contribution is 2.15. The SMILES string of the molecule is Cc1ccc(OCCNC(=O)CCCOc2ccc(Cl)cc2)cc1. The lowest BCUT2D eigenvalue weighted by atomic mass is 10.2. The van der Waals surface area contributed by atoms with Crippen molar-refractivity contribution in [2.24, 2.45) is 0 Å². The van der Waals surface area contributed by atoms with Crippen LogP contribution in [0, 0.1) is 6.92 Å². The summed E-state index contributed by atoms with van der Waals surface area (Å²) in [6, 6.07) is 15.0.